The van der Waals surface area contributed by atoms with Gasteiger partial charge in [0.1, 0.15) is 5.60 Å². The van der Waals surface area contributed by atoms with E-state index in [2.05, 4.69) is 10.1 Å². The first-order valence-electron chi connectivity index (χ1n) is 8.78. The molecule has 2 aromatic heterocycles. The SMILES string of the molecule is COc1cccc(-c2c3c(nn2C)C(C)N(C(=O)OC(C)(C)C)CC3)n1. The smallest absolute Gasteiger partial charge is 0.410 e. The maximum Gasteiger partial charge on any atom is 0.410 e. The molecule has 140 valence electrons. The molecule has 3 rings (SSSR count). The predicted molar refractivity (Wildman–Crippen MR) is 98.1 cm³/mol. The van der Waals surface area contributed by atoms with Crippen molar-refractivity contribution < 1.29 is 14.3 Å². The third-order valence-corrected chi connectivity index (χ3v) is 4.45. The number of aryl methyl sites for hydroxylation is 1. The van der Waals surface area contributed by atoms with Gasteiger partial charge in [0, 0.05) is 25.2 Å². The number of pyridine rings is 1. The monoisotopic (exact) mass is 358 g/mol. The number of rotatable bonds is 2. The number of ether oxygens (including phenoxy) is 2. The summed E-state index contributed by atoms with van der Waals surface area (Å²) >= 11 is 0. The normalized spacial score (nSPS) is 17.0. The molecule has 26 heavy (non-hydrogen) atoms. The molecule has 0 aromatic carbocycles. The van der Waals surface area contributed by atoms with Gasteiger partial charge >= 0.3 is 6.09 Å². The lowest BCUT2D eigenvalue weighted by Gasteiger charge is -2.34. The van der Waals surface area contributed by atoms with Crippen LogP contribution in [0.3, 0.4) is 0 Å². The Morgan fingerprint density at radius 1 is 1.31 bits per heavy atom. The molecule has 7 heteroatoms. The maximum absolute atomic E-state index is 12.5. The summed E-state index contributed by atoms with van der Waals surface area (Å²) in [5.74, 6) is 0.566. The van der Waals surface area contributed by atoms with Gasteiger partial charge in [-0.1, -0.05) is 6.07 Å². The number of carbonyl (C=O) groups excluding carboxylic acids is 1. The number of carbonyl (C=O) groups is 1. The van der Waals surface area contributed by atoms with E-state index >= 15 is 0 Å². The van der Waals surface area contributed by atoms with Crippen molar-refractivity contribution in [1.29, 1.82) is 0 Å². The molecule has 0 fully saturated rings. The lowest BCUT2D eigenvalue weighted by molar-refractivity contribution is 0.0155. The first-order valence-corrected chi connectivity index (χ1v) is 8.78. The van der Waals surface area contributed by atoms with Crippen LogP contribution in [0.15, 0.2) is 18.2 Å². The molecule has 3 heterocycles. The third-order valence-electron chi connectivity index (χ3n) is 4.45. The Morgan fingerprint density at radius 3 is 2.69 bits per heavy atom. The summed E-state index contributed by atoms with van der Waals surface area (Å²) in [6, 6.07) is 5.53. The highest BCUT2D eigenvalue weighted by Gasteiger charge is 2.35. The van der Waals surface area contributed by atoms with E-state index in [0.717, 1.165) is 22.6 Å². The summed E-state index contributed by atoms with van der Waals surface area (Å²) in [6.45, 7) is 8.19. The Kier molecular flexibility index (Phi) is 4.64. The number of nitrogens with zero attached hydrogens (tertiary/aromatic N) is 4. The molecule has 0 saturated carbocycles. The minimum Gasteiger partial charge on any atom is -0.481 e. The van der Waals surface area contributed by atoms with Crippen LogP contribution in [0, 0.1) is 0 Å². The van der Waals surface area contributed by atoms with Gasteiger partial charge < -0.3 is 9.47 Å². The minimum absolute atomic E-state index is 0.154. The van der Waals surface area contributed by atoms with E-state index in [1.54, 1.807) is 12.0 Å². The van der Waals surface area contributed by atoms with E-state index in [0.29, 0.717) is 18.8 Å². The van der Waals surface area contributed by atoms with E-state index in [1.165, 1.54) is 0 Å². The van der Waals surface area contributed by atoms with Crippen molar-refractivity contribution in [2.75, 3.05) is 13.7 Å². The molecule has 0 spiro atoms. The average molecular weight is 358 g/mol. The van der Waals surface area contributed by atoms with Crippen LogP contribution in [0.4, 0.5) is 4.79 Å². The topological polar surface area (TPSA) is 69.5 Å². The van der Waals surface area contributed by atoms with Crippen LogP contribution in [0.1, 0.15) is 45.0 Å². The predicted octanol–water partition coefficient (Wildman–Crippen LogP) is 3.34. The summed E-state index contributed by atoms with van der Waals surface area (Å²) in [7, 11) is 3.50. The molecule has 1 atom stereocenters. The molecule has 1 unspecified atom stereocenters. The maximum atomic E-state index is 12.5. The number of methoxy groups -OCH3 is 1. The summed E-state index contributed by atoms with van der Waals surface area (Å²) in [5, 5.41) is 4.68. The van der Waals surface area contributed by atoms with E-state index in [1.807, 2.05) is 57.6 Å². The summed E-state index contributed by atoms with van der Waals surface area (Å²) < 4.78 is 12.6. The second kappa shape index (κ2) is 6.63. The van der Waals surface area contributed by atoms with Gasteiger partial charge in [0.25, 0.3) is 0 Å². The number of hydrogen-bond acceptors (Lipinski definition) is 5. The standard InChI is InChI=1S/C19H26N4O3/c1-12-16-13(10-11-23(12)18(24)26-19(2,3)4)17(22(5)21-16)14-8-7-9-15(20-14)25-6/h7-9,12H,10-11H2,1-6H3. The van der Waals surface area contributed by atoms with Crippen molar-refractivity contribution >= 4 is 6.09 Å². The fourth-order valence-corrected chi connectivity index (χ4v) is 3.30. The van der Waals surface area contributed by atoms with Crippen LogP contribution in [-0.4, -0.2) is 45.0 Å². The molecule has 2 aromatic rings. The van der Waals surface area contributed by atoms with Gasteiger partial charge in [-0.05, 0) is 40.2 Å². The molecule has 1 aliphatic rings. The highest BCUT2D eigenvalue weighted by Crippen LogP contribution is 2.35. The number of amides is 1. The molecule has 1 aliphatic heterocycles. The van der Waals surface area contributed by atoms with Gasteiger partial charge in [-0.2, -0.15) is 5.10 Å². The molecular formula is C19H26N4O3. The van der Waals surface area contributed by atoms with E-state index in [4.69, 9.17) is 9.47 Å². The summed E-state index contributed by atoms with van der Waals surface area (Å²) in [4.78, 5) is 18.8. The Morgan fingerprint density at radius 2 is 2.04 bits per heavy atom. The van der Waals surface area contributed by atoms with Crippen LogP contribution in [0.25, 0.3) is 11.4 Å². The van der Waals surface area contributed by atoms with E-state index in [-0.39, 0.29) is 12.1 Å². The lowest BCUT2D eigenvalue weighted by Crippen LogP contribution is -2.42. The molecule has 0 bridgehead atoms. The Bertz CT molecular complexity index is 823. The van der Waals surface area contributed by atoms with Crippen LogP contribution in [0.5, 0.6) is 5.88 Å². The van der Waals surface area contributed by atoms with Crippen molar-refractivity contribution in [3.8, 4) is 17.3 Å². The van der Waals surface area contributed by atoms with E-state index in [9.17, 15) is 4.79 Å². The van der Waals surface area contributed by atoms with Gasteiger partial charge in [0.05, 0.1) is 30.2 Å². The molecule has 0 aliphatic carbocycles. The minimum atomic E-state index is -0.517. The fourth-order valence-electron chi connectivity index (χ4n) is 3.30. The van der Waals surface area contributed by atoms with Crippen molar-refractivity contribution in [1.82, 2.24) is 19.7 Å². The number of hydrogen-bond donors (Lipinski definition) is 0. The zero-order valence-corrected chi connectivity index (χ0v) is 16.2. The van der Waals surface area contributed by atoms with Gasteiger partial charge in [-0.15, -0.1) is 0 Å². The summed E-state index contributed by atoms with van der Waals surface area (Å²) in [5.41, 5.74) is 3.29. The molecule has 1 amide bonds. The van der Waals surface area contributed by atoms with Crippen LogP contribution in [-0.2, 0) is 18.2 Å². The van der Waals surface area contributed by atoms with Crippen LogP contribution >= 0.6 is 0 Å². The molecular weight excluding hydrogens is 332 g/mol. The number of fused-ring (bicyclic) bond motifs is 1. The van der Waals surface area contributed by atoms with Gasteiger partial charge in [-0.25, -0.2) is 9.78 Å². The van der Waals surface area contributed by atoms with Crippen LogP contribution in [0.2, 0.25) is 0 Å². The quantitative estimate of drug-likeness (QED) is 0.823. The number of aromatic nitrogens is 3. The average Bonchev–Trinajstić information content (AvgIpc) is 2.90. The van der Waals surface area contributed by atoms with Crippen molar-refractivity contribution in [2.24, 2.45) is 7.05 Å². The largest absolute Gasteiger partial charge is 0.481 e. The van der Waals surface area contributed by atoms with Gasteiger partial charge in [0.15, 0.2) is 0 Å². The van der Waals surface area contributed by atoms with Crippen molar-refractivity contribution in [3.05, 3.63) is 29.5 Å². The van der Waals surface area contributed by atoms with Gasteiger partial charge in [-0.3, -0.25) is 9.58 Å². The molecule has 0 saturated heterocycles. The Balaban J connectivity index is 1.94. The zero-order valence-electron chi connectivity index (χ0n) is 16.2. The first-order chi connectivity index (χ1) is 12.2. The van der Waals surface area contributed by atoms with Gasteiger partial charge in [0.2, 0.25) is 5.88 Å². The van der Waals surface area contributed by atoms with Crippen molar-refractivity contribution in [3.63, 3.8) is 0 Å². The Hall–Kier alpha value is -2.57. The first kappa shape index (κ1) is 18.2. The highest BCUT2D eigenvalue weighted by molar-refractivity contribution is 5.70. The fraction of sp³-hybridized carbons (Fsp3) is 0.526. The molecule has 0 N–H and O–H groups in total. The van der Waals surface area contributed by atoms with E-state index < -0.39 is 5.60 Å². The molecule has 7 nitrogen and oxygen atoms in total. The third kappa shape index (κ3) is 3.38. The Labute approximate surface area is 153 Å². The zero-order chi connectivity index (χ0) is 19.1. The second-order valence-corrected chi connectivity index (χ2v) is 7.50. The summed E-state index contributed by atoms with van der Waals surface area (Å²) in [6.07, 6.45) is 0.406. The van der Waals surface area contributed by atoms with Crippen LogP contribution < -0.4 is 4.74 Å². The molecule has 0 radical (unpaired) electrons. The second-order valence-electron chi connectivity index (χ2n) is 7.50. The lowest BCUT2D eigenvalue weighted by atomic mass is 9.97. The highest BCUT2D eigenvalue weighted by atomic mass is 16.6. The van der Waals surface area contributed by atoms with Crippen molar-refractivity contribution in [2.45, 2.75) is 45.8 Å².